The molecule has 6 heteroatoms. The van der Waals surface area contributed by atoms with E-state index in [2.05, 4.69) is 17.6 Å². The summed E-state index contributed by atoms with van der Waals surface area (Å²) < 4.78 is 0. The number of carbonyl (C=O) groups is 3. The average Bonchev–Trinajstić information content (AvgIpc) is 3.52. The van der Waals surface area contributed by atoms with Crippen LogP contribution in [-0.2, 0) is 9.59 Å². The van der Waals surface area contributed by atoms with Crippen LogP contribution in [0.1, 0.15) is 67.8 Å². The van der Waals surface area contributed by atoms with Crippen LogP contribution in [0.15, 0.2) is 18.2 Å². The van der Waals surface area contributed by atoms with Crippen molar-refractivity contribution in [2.24, 2.45) is 5.92 Å². The Morgan fingerprint density at radius 1 is 1.14 bits per heavy atom. The minimum absolute atomic E-state index is 0.0691. The van der Waals surface area contributed by atoms with Crippen molar-refractivity contribution in [3.8, 4) is 0 Å². The summed E-state index contributed by atoms with van der Waals surface area (Å²) in [7, 11) is 0. The maximum Gasteiger partial charge on any atom is 0.254 e. The SMILES string of the molecule is Cc1cc(C(=O)N2CCCCC2C)ccc1NC(=O)CCCNC(=O)C1CC1. The highest BCUT2D eigenvalue weighted by Crippen LogP contribution is 2.28. The highest BCUT2D eigenvalue weighted by Gasteiger charge is 2.29. The van der Waals surface area contributed by atoms with E-state index in [0.717, 1.165) is 43.5 Å². The number of likely N-dealkylation sites (tertiary alicyclic amines) is 1. The summed E-state index contributed by atoms with van der Waals surface area (Å²) in [6.45, 7) is 5.35. The average molecular weight is 386 g/mol. The number of nitrogens with one attached hydrogen (secondary N) is 2. The van der Waals surface area contributed by atoms with Gasteiger partial charge in [0, 0.05) is 42.7 Å². The lowest BCUT2D eigenvalue weighted by atomic mass is 10.0. The summed E-state index contributed by atoms with van der Waals surface area (Å²) in [4.78, 5) is 38.5. The van der Waals surface area contributed by atoms with Gasteiger partial charge in [0.15, 0.2) is 0 Å². The molecule has 1 aliphatic heterocycles. The van der Waals surface area contributed by atoms with Gasteiger partial charge in [-0.3, -0.25) is 14.4 Å². The maximum atomic E-state index is 12.8. The number of rotatable bonds is 7. The first kappa shape index (κ1) is 20.4. The van der Waals surface area contributed by atoms with Crippen LogP contribution in [0.2, 0.25) is 0 Å². The topological polar surface area (TPSA) is 78.5 Å². The minimum Gasteiger partial charge on any atom is -0.356 e. The number of piperidine rings is 1. The van der Waals surface area contributed by atoms with Crippen molar-refractivity contribution in [1.29, 1.82) is 0 Å². The van der Waals surface area contributed by atoms with Gasteiger partial charge in [-0.15, -0.1) is 0 Å². The Labute approximate surface area is 167 Å². The molecular formula is C22H31N3O3. The van der Waals surface area contributed by atoms with Crippen LogP contribution < -0.4 is 10.6 Å². The predicted molar refractivity (Wildman–Crippen MR) is 109 cm³/mol. The minimum atomic E-state index is -0.0764. The molecule has 0 radical (unpaired) electrons. The van der Waals surface area contributed by atoms with E-state index >= 15 is 0 Å². The Balaban J connectivity index is 1.48. The van der Waals surface area contributed by atoms with Crippen molar-refractivity contribution in [3.05, 3.63) is 29.3 Å². The van der Waals surface area contributed by atoms with E-state index in [0.29, 0.717) is 24.9 Å². The number of hydrogen-bond acceptors (Lipinski definition) is 3. The quantitative estimate of drug-likeness (QED) is 0.707. The van der Waals surface area contributed by atoms with E-state index in [4.69, 9.17) is 0 Å². The van der Waals surface area contributed by atoms with Crippen LogP contribution in [0.25, 0.3) is 0 Å². The third-order valence-corrected chi connectivity index (χ3v) is 5.64. The second-order valence-electron chi connectivity index (χ2n) is 8.09. The molecule has 3 rings (SSSR count). The number of aryl methyl sites for hydroxylation is 1. The van der Waals surface area contributed by atoms with Gasteiger partial charge in [0.05, 0.1) is 0 Å². The molecule has 1 saturated carbocycles. The molecule has 0 bridgehead atoms. The standard InChI is InChI=1S/C22H31N3O3/c1-15-14-18(22(28)25-13-4-3-6-16(25)2)10-11-19(15)24-20(26)7-5-12-23-21(27)17-8-9-17/h10-11,14,16-17H,3-9,12-13H2,1-2H3,(H,23,27)(H,24,26). The Morgan fingerprint density at radius 3 is 2.61 bits per heavy atom. The van der Waals surface area contributed by atoms with Gasteiger partial charge in [-0.1, -0.05) is 0 Å². The fraction of sp³-hybridized carbons (Fsp3) is 0.591. The van der Waals surface area contributed by atoms with E-state index in [-0.39, 0.29) is 29.7 Å². The zero-order valence-corrected chi connectivity index (χ0v) is 16.9. The Bertz CT molecular complexity index is 743. The zero-order valence-electron chi connectivity index (χ0n) is 16.9. The molecule has 1 unspecified atom stereocenters. The summed E-state index contributed by atoms with van der Waals surface area (Å²) in [6, 6.07) is 5.74. The van der Waals surface area contributed by atoms with E-state index < -0.39 is 0 Å². The molecule has 6 nitrogen and oxygen atoms in total. The lowest BCUT2D eigenvalue weighted by Gasteiger charge is -2.33. The van der Waals surface area contributed by atoms with Gasteiger partial charge in [-0.25, -0.2) is 0 Å². The lowest BCUT2D eigenvalue weighted by Crippen LogP contribution is -2.42. The van der Waals surface area contributed by atoms with Gasteiger partial charge >= 0.3 is 0 Å². The van der Waals surface area contributed by atoms with Gasteiger partial charge in [0.2, 0.25) is 11.8 Å². The molecular weight excluding hydrogens is 354 g/mol. The van der Waals surface area contributed by atoms with Crippen molar-refractivity contribution >= 4 is 23.4 Å². The predicted octanol–water partition coefficient (Wildman–Crippen LogP) is 3.25. The van der Waals surface area contributed by atoms with Crippen molar-refractivity contribution in [1.82, 2.24) is 10.2 Å². The molecule has 152 valence electrons. The normalized spacial score (nSPS) is 19.2. The third kappa shape index (κ3) is 5.33. The van der Waals surface area contributed by atoms with Gasteiger partial charge in [-0.05, 0) is 76.1 Å². The maximum absolute atomic E-state index is 12.8. The largest absolute Gasteiger partial charge is 0.356 e. The number of anilines is 1. The number of amides is 3. The molecule has 1 atom stereocenters. The van der Waals surface area contributed by atoms with E-state index in [1.54, 1.807) is 6.07 Å². The molecule has 0 aromatic heterocycles. The second-order valence-corrected chi connectivity index (χ2v) is 8.09. The van der Waals surface area contributed by atoms with Crippen LogP contribution in [0, 0.1) is 12.8 Å². The van der Waals surface area contributed by atoms with Crippen molar-refractivity contribution in [3.63, 3.8) is 0 Å². The molecule has 1 saturated heterocycles. The second kappa shape index (κ2) is 9.22. The van der Waals surface area contributed by atoms with Crippen molar-refractivity contribution < 1.29 is 14.4 Å². The fourth-order valence-corrected chi connectivity index (χ4v) is 3.67. The molecule has 2 N–H and O–H groups in total. The monoisotopic (exact) mass is 385 g/mol. The van der Waals surface area contributed by atoms with Crippen LogP contribution in [0.4, 0.5) is 5.69 Å². The first-order chi connectivity index (χ1) is 13.5. The molecule has 2 aliphatic rings. The fourth-order valence-electron chi connectivity index (χ4n) is 3.67. The summed E-state index contributed by atoms with van der Waals surface area (Å²) in [5.41, 5.74) is 2.29. The highest BCUT2D eigenvalue weighted by atomic mass is 16.2. The Morgan fingerprint density at radius 2 is 1.93 bits per heavy atom. The van der Waals surface area contributed by atoms with E-state index in [9.17, 15) is 14.4 Å². The van der Waals surface area contributed by atoms with Gasteiger partial charge in [-0.2, -0.15) is 0 Å². The molecule has 1 heterocycles. The van der Waals surface area contributed by atoms with Crippen LogP contribution in [0.3, 0.4) is 0 Å². The number of benzene rings is 1. The molecule has 2 fully saturated rings. The molecule has 1 aromatic rings. The molecule has 1 aliphatic carbocycles. The number of nitrogens with zero attached hydrogens (tertiary/aromatic N) is 1. The van der Waals surface area contributed by atoms with Crippen molar-refractivity contribution in [2.45, 2.75) is 64.8 Å². The summed E-state index contributed by atoms with van der Waals surface area (Å²) in [5, 5.41) is 5.78. The number of hydrogen-bond donors (Lipinski definition) is 2. The van der Waals surface area contributed by atoms with Crippen molar-refractivity contribution in [2.75, 3.05) is 18.4 Å². The first-order valence-electron chi connectivity index (χ1n) is 10.4. The van der Waals surface area contributed by atoms with Crippen LogP contribution in [0.5, 0.6) is 0 Å². The molecule has 3 amide bonds. The zero-order chi connectivity index (χ0) is 20.1. The molecule has 28 heavy (non-hydrogen) atoms. The first-order valence-corrected chi connectivity index (χ1v) is 10.4. The molecule has 0 spiro atoms. The van der Waals surface area contributed by atoms with Gasteiger partial charge in [0.25, 0.3) is 5.91 Å². The van der Waals surface area contributed by atoms with Crippen LogP contribution >= 0.6 is 0 Å². The summed E-state index contributed by atoms with van der Waals surface area (Å²) in [5.74, 6) is 0.303. The van der Waals surface area contributed by atoms with E-state index in [1.165, 1.54) is 6.42 Å². The smallest absolute Gasteiger partial charge is 0.254 e. The van der Waals surface area contributed by atoms with Gasteiger partial charge < -0.3 is 15.5 Å². The van der Waals surface area contributed by atoms with Gasteiger partial charge in [0.1, 0.15) is 0 Å². The molecule has 1 aromatic carbocycles. The Kier molecular flexibility index (Phi) is 6.70. The third-order valence-electron chi connectivity index (χ3n) is 5.64. The summed E-state index contributed by atoms with van der Waals surface area (Å²) >= 11 is 0. The summed E-state index contributed by atoms with van der Waals surface area (Å²) in [6.07, 6.45) is 6.24. The lowest BCUT2D eigenvalue weighted by molar-refractivity contribution is -0.122. The Hall–Kier alpha value is -2.37. The highest BCUT2D eigenvalue weighted by molar-refractivity contribution is 5.96. The number of carbonyl (C=O) groups excluding carboxylic acids is 3. The van der Waals surface area contributed by atoms with Crippen LogP contribution in [-0.4, -0.2) is 41.8 Å². The van der Waals surface area contributed by atoms with E-state index in [1.807, 2.05) is 24.0 Å².